The number of nitrogens with one attached hydrogen (secondary N) is 1. The Morgan fingerprint density at radius 3 is 2.58 bits per heavy atom. The molecule has 1 aromatic carbocycles. The number of carboxylic acids is 1. The molecule has 2 N–H and O–H groups in total. The van der Waals surface area contributed by atoms with Crippen LogP contribution in [0.1, 0.15) is 18.1 Å². The van der Waals surface area contributed by atoms with Crippen molar-refractivity contribution >= 4 is 18.0 Å². The highest BCUT2D eigenvalue weighted by atomic mass is 16.5. The molecule has 0 bridgehead atoms. The van der Waals surface area contributed by atoms with Gasteiger partial charge in [0.1, 0.15) is 6.61 Å². The summed E-state index contributed by atoms with van der Waals surface area (Å²) in [4.78, 5) is 21.7. The van der Waals surface area contributed by atoms with Gasteiger partial charge in [0.2, 0.25) is 5.91 Å². The molecule has 0 unspecified atom stereocenters. The van der Waals surface area contributed by atoms with Crippen molar-refractivity contribution in [2.75, 3.05) is 13.2 Å². The molecule has 1 amide bonds. The molecule has 0 saturated heterocycles. The number of hydrogen-bond donors (Lipinski definition) is 2. The molecule has 0 aliphatic heterocycles. The van der Waals surface area contributed by atoms with E-state index in [0.717, 1.165) is 17.2 Å². The zero-order valence-corrected chi connectivity index (χ0v) is 10.8. The first-order valence-electron chi connectivity index (χ1n) is 5.96. The van der Waals surface area contributed by atoms with E-state index in [9.17, 15) is 9.59 Å². The van der Waals surface area contributed by atoms with Gasteiger partial charge in [-0.25, -0.2) is 4.79 Å². The minimum atomic E-state index is -0.979. The molecule has 0 radical (unpaired) electrons. The van der Waals surface area contributed by atoms with Crippen LogP contribution >= 0.6 is 0 Å². The lowest BCUT2D eigenvalue weighted by Crippen LogP contribution is -2.27. The summed E-state index contributed by atoms with van der Waals surface area (Å²) >= 11 is 0. The Morgan fingerprint density at radius 1 is 1.32 bits per heavy atom. The number of aliphatic carboxylic acids is 1. The van der Waals surface area contributed by atoms with Crippen molar-refractivity contribution in [3.05, 3.63) is 41.5 Å². The van der Waals surface area contributed by atoms with Crippen molar-refractivity contribution in [2.45, 2.75) is 13.5 Å². The molecule has 5 heteroatoms. The van der Waals surface area contributed by atoms with E-state index in [2.05, 4.69) is 5.32 Å². The van der Waals surface area contributed by atoms with Crippen LogP contribution in [0.15, 0.2) is 30.3 Å². The summed E-state index contributed by atoms with van der Waals surface area (Å²) in [6, 6.07) is 7.26. The second-order valence-corrected chi connectivity index (χ2v) is 3.83. The molecule has 1 rings (SSSR count). The lowest BCUT2D eigenvalue weighted by molar-refractivity contribution is -0.131. The van der Waals surface area contributed by atoms with Crippen LogP contribution in [0.25, 0.3) is 6.08 Å². The van der Waals surface area contributed by atoms with Gasteiger partial charge in [0.15, 0.2) is 0 Å². The molecule has 0 aliphatic rings. The van der Waals surface area contributed by atoms with E-state index in [-0.39, 0.29) is 12.5 Å². The van der Waals surface area contributed by atoms with Gasteiger partial charge in [-0.15, -0.1) is 0 Å². The third-order valence-electron chi connectivity index (χ3n) is 2.33. The Balaban J connectivity index is 2.44. The molecule has 0 saturated carbocycles. The number of benzene rings is 1. The van der Waals surface area contributed by atoms with E-state index in [1.807, 2.05) is 19.1 Å². The van der Waals surface area contributed by atoms with E-state index in [1.54, 1.807) is 12.1 Å². The Morgan fingerprint density at radius 2 is 2.00 bits per heavy atom. The minimum absolute atomic E-state index is 0.0654. The number of hydrogen-bond acceptors (Lipinski definition) is 3. The van der Waals surface area contributed by atoms with Crippen molar-refractivity contribution in [1.29, 1.82) is 0 Å². The highest BCUT2D eigenvalue weighted by molar-refractivity contribution is 5.85. The van der Waals surface area contributed by atoms with Gasteiger partial charge in [-0.05, 0) is 24.1 Å². The van der Waals surface area contributed by atoms with Crippen LogP contribution in [0.2, 0.25) is 0 Å². The second kappa shape index (κ2) is 8.05. The summed E-state index contributed by atoms with van der Waals surface area (Å²) in [6.07, 6.45) is 2.60. The molecular formula is C14H17NO4. The molecule has 102 valence electrons. The molecule has 5 nitrogen and oxygen atoms in total. The quantitative estimate of drug-likeness (QED) is 0.730. The predicted molar refractivity (Wildman–Crippen MR) is 71.5 cm³/mol. The van der Waals surface area contributed by atoms with Gasteiger partial charge >= 0.3 is 5.97 Å². The largest absolute Gasteiger partial charge is 0.478 e. The predicted octanol–water partition coefficient (Wildman–Crippen LogP) is 1.44. The molecule has 0 heterocycles. The summed E-state index contributed by atoms with van der Waals surface area (Å²) in [5.74, 6) is -1.14. The Labute approximate surface area is 111 Å². The first-order valence-corrected chi connectivity index (χ1v) is 5.96. The lowest BCUT2D eigenvalue weighted by Gasteiger charge is -2.05. The van der Waals surface area contributed by atoms with Gasteiger partial charge in [-0.3, -0.25) is 4.79 Å². The lowest BCUT2D eigenvalue weighted by atomic mass is 10.1. The zero-order valence-electron chi connectivity index (χ0n) is 10.8. The van der Waals surface area contributed by atoms with Gasteiger partial charge < -0.3 is 15.2 Å². The van der Waals surface area contributed by atoms with Crippen molar-refractivity contribution in [1.82, 2.24) is 5.32 Å². The van der Waals surface area contributed by atoms with Gasteiger partial charge in [-0.1, -0.05) is 24.3 Å². The van der Waals surface area contributed by atoms with Crippen LogP contribution < -0.4 is 5.32 Å². The van der Waals surface area contributed by atoms with Crippen LogP contribution in [0.3, 0.4) is 0 Å². The van der Waals surface area contributed by atoms with Crippen LogP contribution in [0.5, 0.6) is 0 Å². The summed E-state index contributed by atoms with van der Waals surface area (Å²) in [5.41, 5.74) is 1.74. The van der Waals surface area contributed by atoms with E-state index in [1.165, 1.54) is 6.08 Å². The Bertz CT molecular complexity index is 451. The van der Waals surface area contributed by atoms with E-state index in [0.29, 0.717) is 13.2 Å². The molecular weight excluding hydrogens is 246 g/mol. The molecule has 0 atom stereocenters. The van der Waals surface area contributed by atoms with Gasteiger partial charge in [0.25, 0.3) is 0 Å². The average molecular weight is 263 g/mol. The fraction of sp³-hybridized carbons (Fsp3) is 0.286. The van der Waals surface area contributed by atoms with Gasteiger partial charge in [-0.2, -0.15) is 0 Å². The van der Waals surface area contributed by atoms with E-state index in [4.69, 9.17) is 9.84 Å². The first-order chi connectivity index (χ1) is 9.11. The average Bonchev–Trinajstić information content (AvgIpc) is 2.41. The summed E-state index contributed by atoms with van der Waals surface area (Å²) < 4.78 is 4.98. The standard InChI is InChI=1S/C14H17NO4/c1-2-19-10-13(16)15-9-12-5-3-11(4-6-12)7-8-14(17)18/h3-8H,2,9-10H2,1H3,(H,15,16)(H,17,18)/b8-7+. The smallest absolute Gasteiger partial charge is 0.328 e. The maximum Gasteiger partial charge on any atom is 0.328 e. The molecule has 1 aromatic rings. The van der Waals surface area contributed by atoms with Crippen LogP contribution in [-0.4, -0.2) is 30.2 Å². The van der Waals surface area contributed by atoms with Crippen molar-refractivity contribution < 1.29 is 19.4 Å². The molecule has 0 aliphatic carbocycles. The maximum absolute atomic E-state index is 11.3. The van der Waals surface area contributed by atoms with Crippen molar-refractivity contribution in [3.8, 4) is 0 Å². The molecule has 19 heavy (non-hydrogen) atoms. The first kappa shape index (κ1) is 14.9. The number of carbonyl (C=O) groups is 2. The highest BCUT2D eigenvalue weighted by Gasteiger charge is 2.00. The van der Waals surface area contributed by atoms with Crippen molar-refractivity contribution in [3.63, 3.8) is 0 Å². The number of amides is 1. The monoisotopic (exact) mass is 263 g/mol. The number of carbonyl (C=O) groups excluding carboxylic acids is 1. The minimum Gasteiger partial charge on any atom is -0.478 e. The summed E-state index contributed by atoms with van der Waals surface area (Å²) in [6.45, 7) is 2.83. The fourth-order valence-corrected chi connectivity index (χ4v) is 1.36. The Hall–Kier alpha value is -2.14. The SMILES string of the molecule is CCOCC(=O)NCc1ccc(/C=C/C(=O)O)cc1. The maximum atomic E-state index is 11.3. The third-order valence-corrected chi connectivity index (χ3v) is 2.33. The normalized spacial score (nSPS) is 10.6. The fourth-order valence-electron chi connectivity index (χ4n) is 1.36. The number of carboxylic acid groups (broad SMARTS) is 1. The van der Waals surface area contributed by atoms with Gasteiger partial charge in [0.05, 0.1) is 0 Å². The molecule has 0 spiro atoms. The number of ether oxygens (including phenoxy) is 1. The van der Waals surface area contributed by atoms with Crippen molar-refractivity contribution in [2.24, 2.45) is 0 Å². The molecule has 0 aromatic heterocycles. The van der Waals surface area contributed by atoms with E-state index >= 15 is 0 Å². The Kier molecular flexibility index (Phi) is 6.32. The van der Waals surface area contributed by atoms with Crippen LogP contribution in [-0.2, 0) is 20.9 Å². The summed E-state index contributed by atoms with van der Waals surface area (Å²) in [7, 11) is 0. The topological polar surface area (TPSA) is 75.6 Å². The van der Waals surface area contributed by atoms with E-state index < -0.39 is 5.97 Å². The van der Waals surface area contributed by atoms with Crippen LogP contribution in [0.4, 0.5) is 0 Å². The van der Waals surface area contributed by atoms with Crippen LogP contribution in [0, 0.1) is 0 Å². The second-order valence-electron chi connectivity index (χ2n) is 3.83. The van der Waals surface area contributed by atoms with Gasteiger partial charge in [0, 0.05) is 19.2 Å². The third kappa shape index (κ3) is 6.38. The zero-order chi connectivity index (χ0) is 14.1. The summed E-state index contributed by atoms with van der Waals surface area (Å²) in [5, 5.41) is 11.2. The molecule has 0 fully saturated rings. The highest BCUT2D eigenvalue weighted by Crippen LogP contribution is 2.06. The number of rotatable bonds is 7.